The van der Waals surface area contributed by atoms with E-state index < -0.39 is 5.82 Å². The number of hydrogen-bond donors (Lipinski definition) is 3. The lowest BCUT2D eigenvalue weighted by molar-refractivity contribution is -0.151. The molecule has 8 nitrogen and oxygen atoms in total. The summed E-state index contributed by atoms with van der Waals surface area (Å²) in [6.45, 7) is 1.41. The average Bonchev–Trinajstić information content (AvgIpc) is 2.65. The van der Waals surface area contributed by atoms with E-state index in [-0.39, 0.29) is 52.7 Å². The van der Waals surface area contributed by atoms with Crippen molar-refractivity contribution in [1.82, 2.24) is 15.6 Å². The van der Waals surface area contributed by atoms with Gasteiger partial charge < -0.3 is 25.8 Å². The molecule has 31 heavy (non-hydrogen) atoms. The van der Waals surface area contributed by atoms with Gasteiger partial charge in [0.25, 0.3) is 11.8 Å². The highest BCUT2D eigenvalue weighted by molar-refractivity contribution is 6.30. The lowest BCUT2D eigenvalue weighted by atomic mass is 9.44. The van der Waals surface area contributed by atoms with Gasteiger partial charge in [-0.1, -0.05) is 11.6 Å². The van der Waals surface area contributed by atoms with Crippen molar-refractivity contribution < 1.29 is 23.5 Å². The average molecular weight is 449 g/mol. The first kappa shape index (κ1) is 21.2. The Morgan fingerprint density at radius 1 is 1.10 bits per heavy atom. The molecular formula is C21H22ClFN4O4. The van der Waals surface area contributed by atoms with Crippen LogP contribution in [0, 0.1) is 12.7 Å². The quantitative estimate of drug-likeness (QED) is 0.569. The van der Waals surface area contributed by atoms with Crippen LogP contribution >= 0.6 is 11.6 Å². The molecule has 1 heterocycles. The third-order valence-corrected chi connectivity index (χ3v) is 5.79. The Labute approximate surface area is 183 Å². The first-order valence-corrected chi connectivity index (χ1v) is 10.1. The molecule has 0 spiro atoms. The molecule has 0 unspecified atom stereocenters. The van der Waals surface area contributed by atoms with E-state index >= 15 is 0 Å². The van der Waals surface area contributed by atoms with Crippen molar-refractivity contribution in [3.05, 3.63) is 46.9 Å². The van der Waals surface area contributed by atoms with Crippen LogP contribution in [0.15, 0.2) is 30.3 Å². The van der Waals surface area contributed by atoms with Crippen LogP contribution in [0.2, 0.25) is 5.02 Å². The van der Waals surface area contributed by atoms with Gasteiger partial charge in [0.2, 0.25) is 0 Å². The molecule has 1 aromatic carbocycles. The molecule has 5 rings (SSSR count). The van der Waals surface area contributed by atoms with E-state index in [4.69, 9.17) is 26.8 Å². The number of carbonyl (C=O) groups is 2. The first-order chi connectivity index (χ1) is 14.7. The summed E-state index contributed by atoms with van der Waals surface area (Å²) in [5.74, 6) is -0.343. The Bertz CT molecular complexity index is 1030. The SMILES string of the molecule is Cc1ccc(OCC(=O)NC23CC(NC(=O)COc4ccc(Cl)c(F)c4)(C2)C3)c(N)n1. The van der Waals surface area contributed by atoms with Crippen molar-refractivity contribution in [2.45, 2.75) is 37.3 Å². The molecule has 1 aromatic heterocycles. The van der Waals surface area contributed by atoms with Gasteiger partial charge >= 0.3 is 0 Å². The summed E-state index contributed by atoms with van der Waals surface area (Å²) in [6.07, 6.45) is 1.92. The molecule has 2 bridgehead atoms. The minimum atomic E-state index is -0.609. The maximum Gasteiger partial charge on any atom is 0.258 e. The molecule has 0 aliphatic heterocycles. The van der Waals surface area contributed by atoms with E-state index in [0.717, 1.165) is 11.8 Å². The van der Waals surface area contributed by atoms with Crippen molar-refractivity contribution in [1.29, 1.82) is 0 Å². The van der Waals surface area contributed by atoms with Crippen LogP contribution in [-0.2, 0) is 9.59 Å². The van der Waals surface area contributed by atoms with Gasteiger partial charge in [-0.3, -0.25) is 9.59 Å². The van der Waals surface area contributed by atoms with Gasteiger partial charge in [-0.2, -0.15) is 0 Å². The van der Waals surface area contributed by atoms with E-state index in [1.807, 2.05) is 6.92 Å². The van der Waals surface area contributed by atoms with E-state index in [9.17, 15) is 14.0 Å². The number of anilines is 1. The maximum absolute atomic E-state index is 13.4. The van der Waals surface area contributed by atoms with Crippen molar-refractivity contribution in [3.63, 3.8) is 0 Å². The van der Waals surface area contributed by atoms with E-state index in [1.54, 1.807) is 12.1 Å². The number of aromatic nitrogens is 1. The predicted octanol–water partition coefficient (Wildman–Crippen LogP) is 2.13. The summed E-state index contributed by atoms with van der Waals surface area (Å²) in [5, 5.41) is 5.89. The normalized spacial score (nSPS) is 23.2. The van der Waals surface area contributed by atoms with Crippen LogP contribution < -0.4 is 25.8 Å². The Kier molecular flexibility index (Phi) is 5.38. The minimum Gasteiger partial charge on any atom is -0.484 e. The number of halogens is 2. The van der Waals surface area contributed by atoms with Gasteiger partial charge in [-0.15, -0.1) is 0 Å². The highest BCUT2D eigenvalue weighted by Crippen LogP contribution is 2.60. The number of nitrogens with zero attached hydrogens (tertiary/aromatic N) is 1. The zero-order valence-electron chi connectivity index (χ0n) is 16.8. The number of benzene rings is 1. The number of amides is 2. The molecule has 0 radical (unpaired) electrons. The van der Waals surface area contributed by atoms with Crippen molar-refractivity contribution >= 4 is 29.2 Å². The smallest absolute Gasteiger partial charge is 0.258 e. The number of rotatable bonds is 8. The van der Waals surface area contributed by atoms with Gasteiger partial charge in [-0.25, -0.2) is 9.37 Å². The number of aryl methyl sites for hydroxylation is 1. The van der Waals surface area contributed by atoms with Gasteiger partial charge in [0.05, 0.1) is 5.02 Å². The summed E-state index contributed by atoms with van der Waals surface area (Å²) >= 11 is 5.62. The van der Waals surface area contributed by atoms with Crippen LogP contribution in [0.3, 0.4) is 0 Å². The predicted molar refractivity (Wildman–Crippen MR) is 111 cm³/mol. The lowest BCUT2D eigenvalue weighted by Gasteiger charge is -2.70. The van der Waals surface area contributed by atoms with Gasteiger partial charge in [0.15, 0.2) is 24.8 Å². The molecule has 3 aliphatic rings. The molecule has 10 heteroatoms. The molecule has 2 amide bonds. The fourth-order valence-corrected chi connectivity index (χ4v) is 4.38. The summed E-state index contributed by atoms with van der Waals surface area (Å²) in [6, 6.07) is 7.42. The van der Waals surface area contributed by atoms with Gasteiger partial charge in [0.1, 0.15) is 11.6 Å². The Morgan fingerprint density at radius 3 is 2.29 bits per heavy atom. The fourth-order valence-electron chi connectivity index (χ4n) is 4.26. The summed E-state index contributed by atoms with van der Waals surface area (Å²) < 4.78 is 24.2. The molecule has 3 fully saturated rings. The summed E-state index contributed by atoms with van der Waals surface area (Å²) in [7, 11) is 0. The first-order valence-electron chi connectivity index (χ1n) is 9.73. The zero-order chi connectivity index (χ0) is 22.2. The number of nitrogens with one attached hydrogen (secondary N) is 2. The maximum atomic E-state index is 13.4. The summed E-state index contributed by atoms with van der Waals surface area (Å²) in [5.41, 5.74) is 5.90. The van der Waals surface area contributed by atoms with E-state index in [2.05, 4.69) is 15.6 Å². The van der Waals surface area contributed by atoms with Crippen LogP contribution in [0.4, 0.5) is 10.2 Å². The minimum absolute atomic E-state index is 0.0117. The molecule has 3 aliphatic carbocycles. The second kappa shape index (κ2) is 7.88. The van der Waals surface area contributed by atoms with Gasteiger partial charge in [0, 0.05) is 22.8 Å². The highest BCUT2D eigenvalue weighted by atomic mass is 35.5. The molecule has 2 aromatic rings. The number of carbonyl (C=O) groups excluding carboxylic acids is 2. The number of ether oxygens (including phenoxy) is 2. The van der Waals surface area contributed by atoms with Crippen molar-refractivity contribution in [2.24, 2.45) is 0 Å². The Morgan fingerprint density at radius 2 is 1.71 bits per heavy atom. The third kappa shape index (κ3) is 4.51. The van der Waals surface area contributed by atoms with Crippen LogP contribution in [0.5, 0.6) is 11.5 Å². The molecular weight excluding hydrogens is 427 g/mol. The second-order valence-corrected chi connectivity index (χ2v) is 8.58. The van der Waals surface area contributed by atoms with Crippen molar-refractivity contribution in [3.8, 4) is 11.5 Å². The molecule has 0 saturated heterocycles. The number of hydrogen-bond acceptors (Lipinski definition) is 6. The van der Waals surface area contributed by atoms with Gasteiger partial charge in [-0.05, 0) is 50.5 Å². The molecule has 4 N–H and O–H groups in total. The van der Waals surface area contributed by atoms with Crippen LogP contribution in [-0.4, -0.2) is 41.1 Å². The Hall–Kier alpha value is -3.07. The standard InChI is InChI=1S/C21H22ClFN4O4/c1-12-2-5-16(19(24)25-12)31-8-18(29)27-21-9-20(10-21,11-21)26-17(28)7-30-13-3-4-14(22)15(23)6-13/h2-6H,7-11H2,1H3,(H2,24,25)(H,26,28)(H,27,29). The highest BCUT2D eigenvalue weighted by Gasteiger charge is 2.69. The molecule has 164 valence electrons. The number of nitrogen functional groups attached to an aromatic ring is 1. The monoisotopic (exact) mass is 448 g/mol. The van der Waals surface area contributed by atoms with E-state index in [1.165, 1.54) is 12.1 Å². The summed E-state index contributed by atoms with van der Waals surface area (Å²) in [4.78, 5) is 28.5. The van der Waals surface area contributed by atoms with Crippen LogP contribution in [0.1, 0.15) is 25.0 Å². The fraction of sp³-hybridized carbons (Fsp3) is 0.381. The van der Waals surface area contributed by atoms with Crippen molar-refractivity contribution in [2.75, 3.05) is 18.9 Å². The largest absolute Gasteiger partial charge is 0.484 e. The number of pyridine rings is 1. The second-order valence-electron chi connectivity index (χ2n) is 8.18. The zero-order valence-corrected chi connectivity index (χ0v) is 17.6. The van der Waals surface area contributed by atoms with E-state index in [0.29, 0.717) is 25.0 Å². The lowest BCUT2D eigenvalue weighted by Crippen LogP contribution is -2.84. The molecule has 0 atom stereocenters. The Balaban J connectivity index is 1.18. The van der Waals surface area contributed by atoms with Crippen LogP contribution in [0.25, 0.3) is 0 Å². The number of nitrogens with two attached hydrogens (primary N) is 1. The third-order valence-electron chi connectivity index (χ3n) is 5.48. The topological polar surface area (TPSA) is 116 Å². The molecule has 3 saturated carbocycles.